The molecule has 2 aromatic carbocycles. The topological polar surface area (TPSA) is 87.1 Å². The van der Waals surface area contributed by atoms with Crippen LogP contribution in [-0.2, 0) is 4.89 Å². The van der Waals surface area contributed by atoms with Crippen LogP contribution < -0.4 is 0 Å². The van der Waals surface area contributed by atoms with Gasteiger partial charge in [0.25, 0.3) is 11.8 Å². The number of amides is 2. The van der Waals surface area contributed by atoms with Crippen LogP contribution in [0.2, 0.25) is 0 Å². The van der Waals surface area contributed by atoms with E-state index in [1.54, 1.807) is 24.3 Å². The third kappa shape index (κ3) is 3.68. The predicted molar refractivity (Wildman–Crippen MR) is 106 cm³/mol. The fourth-order valence-electron chi connectivity index (χ4n) is 3.66. The van der Waals surface area contributed by atoms with Crippen LogP contribution in [-0.4, -0.2) is 45.8 Å². The van der Waals surface area contributed by atoms with Crippen molar-refractivity contribution in [1.29, 1.82) is 0 Å². The molecular weight excluding hydrogens is 358 g/mol. The monoisotopic (exact) mass is 385 g/mol. The molecule has 0 bridgehead atoms. The molecule has 0 aliphatic carbocycles. The molecule has 1 aliphatic rings. The van der Waals surface area contributed by atoms with Crippen molar-refractivity contribution in [3.8, 4) is 0 Å². The summed E-state index contributed by atoms with van der Waals surface area (Å²) in [4.78, 5) is 31.5. The number of aliphatic hydroxyl groups excluding tert-OH is 1. The van der Waals surface area contributed by atoms with E-state index in [4.69, 9.17) is 0 Å². The summed E-state index contributed by atoms with van der Waals surface area (Å²) in [5, 5.41) is 21.2. The van der Waals surface area contributed by atoms with Crippen LogP contribution in [0.3, 0.4) is 0 Å². The molecular formula is C22H27NO5. The molecule has 2 N–H and O–H groups in total. The lowest BCUT2D eigenvalue weighted by molar-refractivity contribution is -0.306. The third-order valence-electron chi connectivity index (χ3n) is 5.94. The molecule has 2 atom stereocenters. The van der Waals surface area contributed by atoms with Crippen LogP contribution in [0.25, 0.3) is 10.8 Å². The van der Waals surface area contributed by atoms with E-state index in [-0.39, 0.29) is 36.6 Å². The largest absolute Gasteiger partial charge is 0.393 e. The highest BCUT2D eigenvalue weighted by atomic mass is 17.1. The van der Waals surface area contributed by atoms with Crippen molar-refractivity contribution in [1.82, 2.24) is 4.90 Å². The second kappa shape index (κ2) is 7.99. The van der Waals surface area contributed by atoms with Crippen molar-refractivity contribution < 1.29 is 24.8 Å². The molecule has 1 aliphatic heterocycles. The van der Waals surface area contributed by atoms with Gasteiger partial charge in [-0.1, -0.05) is 45.0 Å². The summed E-state index contributed by atoms with van der Waals surface area (Å²) in [5.74, 6) is -0.685. The second-order valence-corrected chi connectivity index (χ2v) is 8.09. The number of imide groups is 1. The van der Waals surface area contributed by atoms with Crippen molar-refractivity contribution in [3.63, 3.8) is 0 Å². The SMILES string of the molecule is CCC(C)(C)C(CC(O)CCN1C(=O)c2cccc3cccc(c23)C1=O)OO. The van der Waals surface area contributed by atoms with Gasteiger partial charge in [-0.2, -0.15) is 0 Å². The quantitative estimate of drug-likeness (QED) is 0.409. The molecule has 2 aromatic rings. The van der Waals surface area contributed by atoms with Gasteiger partial charge in [0.1, 0.15) is 6.10 Å². The van der Waals surface area contributed by atoms with Crippen molar-refractivity contribution in [2.24, 2.45) is 5.41 Å². The Morgan fingerprint density at radius 3 is 2.14 bits per heavy atom. The normalized spacial score (nSPS) is 16.5. The zero-order valence-corrected chi connectivity index (χ0v) is 16.5. The summed E-state index contributed by atoms with van der Waals surface area (Å²) in [7, 11) is 0. The Labute approximate surface area is 164 Å². The van der Waals surface area contributed by atoms with Gasteiger partial charge in [-0.15, -0.1) is 0 Å². The number of carbonyl (C=O) groups is 2. The smallest absolute Gasteiger partial charge is 0.261 e. The van der Waals surface area contributed by atoms with Crippen LogP contribution in [0.5, 0.6) is 0 Å². The first-order chi connectivity index (χ1) is 13.3. The van der Waals surface area contributed by atoms with Crippen LogP contribution >= 0.6 is 0 Å². The van der Waals surface area contributed by atoms with Gasteiger partial charge < -0.3 is 5.11 Å². The Morgan fingerprint density at radius 2 is 1.64 bits per heavy atom. The molecule has 6 heteroatoms. The summed E-state index contributed by atoms with van der Waals surface area (Å²) in [6.07, 6.45) is -0.129. The van der Waals surface area contributed by atoms with E-state index in [1.807, 2.05) is 32.9 Å². The number of benzene rings is 2. The Balaban J connectivity index is 1.74. The van der Waals surface area contributed by atoms with Crippen molar-refractivity contribution in [3.05, 3.63) is 47.5 Å². The van der Waals surface area contributed by atoms with Crippen LogP contribution in [0.15, 0.2) is 36.4 Å². The molecule has 28 heavy (non-hydrogen) atoms. The lowest BCUT2D eigenvalue weighted by Crippen LogP contribution is -2.42. The molecule has 150 valence electrons. The standard InChI is InChI=1S/C22H27NO5/c1-4-22(2,3)18(28-27)13-15(24)11-12-23-20(25)16-9-5-7-14-8-6-10-17(19(14)16)21(23)26/h5-10,15,18,24,27H,4,11-13H2,1-3H3. The van der Waals surface area contributed by atoms with E-state index in [0.717, 1.165) is 11.8 Å². The van der Waals surface area contributed by atoms with Gasteiger partial charge in [-0.05, 0) is 35.8 Å². The molecule has 0 spiro atoms. The van der Waals surface area contributed by atoms with Crippen molar-refractivity contribution in [2.45, 2.75) is 52.2 Å². The highest BCUT2D eigenvalue weighted by Crippen LogP contribution is 2.32. The summed E-state index contributed by atoms with van der Waals surface area (Å²) < 4.78 is 0. The predicted octanol–water partition coefficient (Wildman–Crippen LogP) is 3.87. The zero-order chi connectivity index (χ0) is 20.5. The van der Waals surface area contributed by atoms with E-state index in [9.17, 15) is 20.0 Å². The number of hydrogen-bond acceptors (Lipinski definition) is 5. The molecule has 3 rings (SSSR count). The van der Waals surface area contributed by atoms with E-state index in [2.05, 4.69) is 4.89 Å². The highest BCUT2D eigenvalue weighted by molar-refractivity contribution is 6.25. The van der Waals surface area contributed by atoms with Crippen LogP contribution in [0, 0.1) is 5.41 Å². The molecule has 0 saturated carbocycles. The van der Waals surface area contributed by atoms with Gasteiger partial charge in [-0.3, -0.25) is 19.7 Å². The maximum Gasteiger partial charge on any atom is 0.261 e. The zero-order valence-electron chi connectivity index (χ0n) is 16.5. The van der Waals surface area contributed by atoms with Gasteiger partial charge in [0.2, 0.25) is 0 Å². The molecule has 0 fully saturated rings. The minimum atomic E-state index is -0.809. The molecule has 0 saturated heterocycles. The third-order valence-corrected chi connectivity index (χ3v) is 5.94. The molecule has 6 nitrogen and oxygen atoms in total. The average molecular weight is 385 g/mol. The fraction of sp³-hybridized carbons (Fsp3) is 0.455. The number of aliphatic hydroxyl groups is 1. The molecule has 0 radical (unpaired) electrons. The second-order valence-electron chi connectivity index (χ2n) is 8.09. The molecule has 2 unspecified atom stereocenters. The summed E-state index contributed by atoms with van der Waals surface area (Å²) >= 11 is 0. The molecule has 2 amide bonds. The first-order valence-corrected chi connectivity index (χ1v) is 9.66. The Hall–Kier alpha value is -2.28. The van der Waals surface area contributed by atoms with E-state index < -0.39 is 12.2 Å². The van der Waals surface area contributed by atoms with Crippen molar-refractivity contribution >= 4 is 22.6 Å². The lowest BCUT2D eigenvalue weighted by Gasteiger charge is -2.33. The fourth-order valence-corrected chi connectivity index (χ4v) is 3.66. The highest BCUT2D eigenvalue weighted by Gasteiger charge is 2.34. The summed E-state index contributed by atoms with van der Waals surface area (Å²) in [5.41, 5.74) is 0.706. The van der Waals surface area contributed by atoms with E-state index in [0.29, 0.717) is 16.5 Å². The van der Waals surface area contributed by atoms with Gasteiger partial charge >= 0.3 is 0 Å². The first kappa shape index (κ1) is 20.5. The number of hydrogen-bond donors (Lipinski definition) is 2. The van der Waals surface area contributed by atoms with Gasteiger partial charge in [-0.25, -0.2) is 4.89 Å². The summed E-state index contributed by atoms with van der Waals surface area (Å²) in [6, 6.07) is 10.8. The van der Waals surface area contributed by atoms with Crippen molar-refractivity contribution in [2.75, 3.05) is 6.54 Å². The maximum absolute atomic E-state index is 12.9. The van der Waals surface area contributed by atoms with Gasteiger partial charge in [0.15, 0.2) is 0 Å². The number of nitrogens with zero attached hydrogens (tertiary/aromatic N) is 1. The first-order valence-electron chi connectivity index (χ1n) is 9.66. The minimum Gasteiger partial charge on any atom is -0.393 e. The Morgan fingerprint density at radius 1 is 1.07 bits per heavy atom. The number of rotatable bonds is 8. The van der Waals surface area contributed by atoms with Crippen LogP contribution in [0.1, 0.15) is 60.7 Å². The van der Waals surface area contributed by atoms with Gasteiger partial charge in [0, 0.05) is 29.5 Å². The average Bonchev–Trinajstić information content (AvgIpc) is 2.69. The minimum absolute atomic E-state index is 0.105. The Bertz CT molecular complexity index is 841. The maximum atomic E-state index is 12.9. The van der Waals surface area contributed by atoms with Gasteiger partial charge in [0.05, 0.1) is 6.10 Å². The van der Waals surface area contributed by atoms with Crippen LogP contribution in [0.4, 0.5) is 0 Å². The number of carbonyl (C=O) groups excluding carboxylic acids is 2. The van der Waals surface area contributed by atoms with E-state index in [1.165, 1.54) is 4.90 Å². The summed E-state index contributed by atoms with van der Waals surface area (Å²) in [6.45, 7) is 6.00. The molecule has 1 heterocycles. The Kier molecular flexibility index (Phi) is 5.84. The lowest BCUT2D eigenvalue weighted by atomic mass is 9.81. The molecule has 0 aromatic heterocycles. The van der Waals surface area contributed by atoms with E-state index >= 15 is 0 Å².